The molecule has 12 rings (SSSR count). The number of nitrogens with zero attached hydrogens (tertiary/aromatic N) is 12. The second-order valence-corrected chi connectivity index (χ2v) is 29.7. The Labute approximate surface area is 810 Å². The average Bonchev–Trinajstić information content (AvgIpc) is 1.54. The average molecular weight is 2220 g/mol. The van der Waals surface area contributed by atoms with E-state index in [0.29, 0.717) is 0 Å². The molecule has 3 fully saturated rings. The SMILES string of the molecule is N#CC(=C1C(=C(C#N)c2c(Cl)c(F)c(C(F)(F)F)c(F)c2Cl)C1=C(C#N)c1c(Cl)c(F)c(C(F)(F)F)c(F)c1Cl)c1c(Cl)c(F)c(C(F)(F)F)c(F)c1Cl.N#CC(=C1C(=C(C#N)c2c(F)c(F)c(C#N)c(F)c2F)C1=C(C#N)c1c(F)c(F)c(C#N)c(F)c1F)c1c(F)c(F)c(C#N)c(F)c1F.N#CC(=C1C(=C(C#N)c2c(F)c(F)c(F)c(F)c2F)C1=C(C#N)c1c(F)c(F)c(F)c(F)c1F)c1c(F)c(F)c(F)c(F)c1F. The molecule has 147 heavy (non-hydrogen) atoms. The minimum atomic E-state index is -5.86. The van der Waals surface area contributed by atoms with Gasteiger partial charge in [0.2, 0.25) is 17.5 Å². The second kappa shape index (κ2) is 40.5. The van der Waals surface area contributed by atoms with Crippen molar-refractivity contribution < 1.29 is 184 Å². The van der Waals surface area contributed by atoms with Crippen LogP contribution >= 0.6 is 69.6 Å². The van der Waals surface area contributed by atoms with Crippen LogP contribution in [0.2, 0.25) is 30.1 Å². The van der Waals surface area contributed by atoms with Crippen LogP contribution in [0, 0.1) is 328 Å². The number of hydrogen-bond donors (Lipinski definition) is 0. The largest absolute Gasteiger partial charge is 0.422 e. The third kappa shape index (κ3) is 17.8. The fraction of sp³-hybridized carbons (Fsp3) is 0.0345. The first-order valence-corrected chi connectivity index (χ1v) is 38.0. The van der Waals surface area contributed by atoms with E-state index in [0.717, 1.165) is 72.8 Å². The third-order valence-electron chi connectivity index (χ3n) is 20.0. The van der Waals surface area contributed by atoms with Crippen molar-refractivity contribution in [2.45, 2.75) is 18.5 Å². The van der Waals surface area contributed by atoms with Crippen molar-refractivity contribution in [1.29, 1.82) is 63.1 Å². The van der Waals surface area contributed by atoms with Gasteiger partial charge in [0.15, 0.2) is 175 Å². The summed E-state index contributed by atoms with van der Waals surface area (Å²) >= 11 is 34.3. The summed E-state index contributed by atoms with van der Waals surface area (Å²) in [6.07, 6.45) is -17.6. The number of hydrogen-bond acceptors (Lipinski definition) is 12. The van der Waals surface area contributed by atoms with Crippen molar-refractivity contribution in [3.8, 4) is 72.8 Å². The van der Waals surface area contributed by atoms with E-state index < -0.39 is 424 Å². The molecule has 0 aromatic heterocycles. The quantitative estimate of drug-likeness (QED) is 0.0564. The Morgan fingerprint density at radius 3 is 0.333 bits per heavy atom. The van der Waals surface area contributed by atoms with Gasteiger partial charge in [-0.25, -0.2) is 145 Å². The van der Waals surface area contributed by atoms with Crippen molar-refractivity contribution in [2.75, 3.05) is 0 Å². The second-order valence-electron chi connectivity index (χ2n) is 27.5. The third-order valence-corrected chi connectivity index (χ3v) is 22.1. The van der Waals surface area contributed by atoms with E-state index in [1.54, 1.807) is 0 Å². The smallest absolute Gasteiger partial charge is 0.205 e. The summed E-state index contributed by atoms with van der Waals surface area (Å²) in [5, 5.41) is 104. The molecule has 0 unspecified atom stereocenters. The number of alkyl halides is 9. The summed E-state index contributed by atoms with van der Waals surface area (Å²) in [5.74, 6) is -87.3. The summed E-state index contributed by atoms with van der Waals surface area (Å²) in [6.45, 7) is 0. The van der Waals surface area contributed by atoms with Crippen molar-refractivity contribution in [2.24, 2.45) is 0 Å². The molecule has 0 saturated heterocycles. The lowest BCUT2D eigenvalue weighted by Gasteiger charge is -2.15. The molecule has 0 spiro atoms. The molecule has 60 heteroatoms. The Bertz CT molecular complexity index is 7520. The Morgan fingerprint density at radius 2 is 0.238 bits per heavy atom. The van der Waals surface area contributed by atoms with E-state index in [2.05, 4.69) is 0 Å². The Morgan fingerprint density at radius 1 is 0.143 bits per heavy atom. The molecule has 0 amide bonds. The van der Waals surface area contributed by atoms with Gasteiger partial charge in [0.25, 0.3) is 0 Å². The molecule has 3 aliphatic carbocycles. The van der Waals surface area contributed by atoms with Crippen LogP contribution in [-0.4, -0.2) is 0 Å². The molecule has 9 aromatic rings. The summed E-state index contributed by atoms with van der Waals surface area (Å²) in [7, 11) is 0. The van der Waals surface area contributed by atoms with Gasteiger partial charge in [-0.1, -0.05) is 69.6 Å². The van der Waals surface area contributed by atoms with E-state index in [4.69, 9.17) is 85.4 Å². The maximum absolute atomic E-state index is 15.0. The first-order valence-electron chi connectivity index (χ1n) is 35.8. The van der Waals surface area contributed by atoms with Crippen molar-refractivity contribution in [3.63, 3.8) is 0 Å². The molecule has 12 nitrogen and oxygen atoms in total. The number of nitriles is 12. The number of allylic oxidation sites excluding steroid dienone is 18. The minimum absolute atomic E-state index is 0.766. The lowest BCUT2D eigenvalue weighted by Crippen LogP contribution is -2.14. The Hall–Kier alpha value is -16.7. The molecular formula is C87Cl6F42N12. The van der Waals surface area contributed by atoms with E-state index >= 15 is 26.3 Å². The molecule has 3 aliphatic rings. The van der Waals surface area contributed by atoms with E-state index in [1.165, 1.54) is 0 Å². The van der Waals surface area contributed by atoms with Crippen LogP contribution in [0.25, 0.3) is 50.2 Å². The van der Waals surface area contributed by atoms with Gasteiger partial charge in [-0.05, 0) is 0 Å². The fourth-order valence-corrected chi connectivity index (χ4v) is 15.4. The van der Waals surface area contributed by atoms with Gasteiger partial charge in [-0.3, -0.25) is 0 Å². The van der Waals surface area contributed by atoms with E-state index in [-0.39, 0.29) is 0 Å². The molecular weight excluding hydrogens is 2220 g/mol. The van der Waals surface area contributed by atoms with Gasteiger partial charge in [-0.15, -0.1) is 0 Å². The molecule has 0 atom stereocenters. The van der Waals surface area contributed by atoms with Crippen LogP contribution in [0.5, 0.6) is 0 Å². The molecule has 0 radical (unpaired) electrons. The maximum atomic E-state index is 15.0. The van der Waals surface area contributed by atoms with E-state index in [1.807, 2.05) is 0 Å². The highest BCUT2D eigenvalue weighted by molar-refractivity contribution is 6.41. The highest BCUT2D eigenvalue weighted by Gasteiger charge is 2.54. The van der Waals surface area contributed by atoms with Crippen LogP contribution in [0.3, 0.4) is 0 Å². The highest BCUT2D eigenvalue weighted by Crippen LogP contribution is 2.64. The summed E-state index contributed by atoms with van der Waals surface area (Å²) in [4.78, 5) is 0. The van der Waals surface area contributed by atoms with Gasteiger partial charge >= 0.3 is 18.5 Å². The van der Waals surface area contributed by atoms with Crippen LogP contribution in [-0.2, 0) is 18.5 Å². The maximum Gasteiger partial charge on any atom is 0.422 e. The van der Waals surface area contributed by atoms with Gasteiger partial charge in [0.05, 0.1) is 114 Å². The highest BCUT2D eigenvalue weighted by atomic mass is 35.5. The van der Waals surface area contributed by atoms with Crippen LogP contribution in [0.15, 0.2) is 50.2 Å². The minimum Gasteiger partial charge on any atom is -0.205 e. The lowest BCUT2D eigenvalue weighted by molar-refractivity contribution is -0.143. The zero-order chi connectivity index (χ0) is 112. The van der Waals surface area contributed by atoms with E-state index in [9.17, 15) is 205 Å². The topological polar surface area (TPSA) is 285 Å². The molecule has 0 N–H and O–H groups in total. The van der Waals surface area contributed by atoms with Gasteiger partial charge in [0.1, 0.15) is 106 Å². The normalized spacial score (nSPS) is 12.3. The van der Waals surface area contributed by atoms with Crippen molar-refractivity contribution in [3.05, 3.63) is 356 Å². The van der Waals surface area contributed by atoms with Gasteiger partial charge in [-0.2, -0.15) is 103 Å². The lowest BCUT2D eigenvalue weighted by atomic mass is 9.99. The predicted octanol–water partition coefficient (Wildman–Crippen LogP) is 29.0. The zero-order valence-electron chi connectivity index (χ0n) is 67.0. The van der Waals surface area contributed by atoms with Crippen LogP contribution in [0.4, 0.5) is 184 Å². The monoisotopic (exact) mass is 2220 g/mol. The summed E-state index contributed by atoms with van der Waals surface area (Å²) < 4.78 is 601. The predicted molar refractivity (Wildman–Crippen MR) is 409 cm³/mol. The van der Waals surface area contributed by atoms with Crippen molar-refractivity contribution >= 4 is 120 Å². The van der Waals surface area contributed by atoms with Crippen LogP contribution in [0.1, 0.15) is 83.5 Å². The standard InChI is InChI=1S/C30Cl6F15N3.C30F12N6.C27F15N3/c31-16-10(17(32)23(38)13(22(16)37)28(43,44)45)4(1-52)7-8(5(2-53)11-18(33)24(39)14(29(46,47)48)25(40)19(11)34)9(7)6(3-54)12-20(35)26(41)15(30(49,50)51)27(42)21(12)36;31-19-10(4-46)20(32)26(38)16(25(19)37)7(1-43)13-14(8(2-44)17-27(39)21(33)11(5-47)22(34)28(17)40)15(13)9(3-45)18-29(41)23(35)12(6-48)24(36)30(18)42;28-13-10(14(29)20(35)25(40)19(13)34)4(1-43)7-8(5(2-44)11-15(30)21(36)26(41)22(37)16(11)31)9(7)6(3-45)12-17(32)23(38)27(42)24(39)18(12)33. The van der Waals surface area contributed by atoms with Crippen molar-refractivity contribution in [1.82, 2.24) is 0 Å². The Kier molecular flexibility index (Phi) is 30.9. The summed E-state index contributed by atoms with van der Waals surface area (Å²) in [5.41, 5.74) is -59.3. The summed E-state index contributed by atoms with van der Waals surface area (Å²) in [6, 6.07) is 11.1. The molecule has 0 bridgehead atoms. The molecule has 3 saturated carbocycles. The molecule has 9 aromatic carbocycles. The van der Waals surface area contributed by atoms with Gasteiger partial charge in [0, 0.05) is 66.8 Å². The number of halogens is 48. The first-order chi connectivity index (χ1) is 68.3. The number of rotatable bonds is 9. The zero-order valence-corrected chi connectivity index (χ0v) is 71.5. The molecule has 0 aliphatic heterocycles. The number of benzene rings is 9. The van der Waals surface area contributed by atoms with Gasteiger partial charge < -0.3 is 0 Å². The molecule has 0 heterocycles. The molecule has 744 valence electrons. The Balaban J connectivity index is 0.000000227. The fourth-order valence-electron chi connectivity index (χ4n) is 13.6. The first kappa shape index (κ1) is 112. The van der Waals surface area contributed by atoms with Crippen LogP contribution < -0.4 is 0 Å².